The molecule has 2 unspecified atom stereocenters. The number of aldehydes is 1. The Hall–Kier alpha value is -1.30. The minimum Gasteiger partial charge on any atom is -0.390 e. The summed E-state index contributed by atoms with van der Waals surface area (Å²) in [4.78, 5) is 14.6. The van der Waals surface area contributed by atoms with Gasteiger partial charge >= 0.3 is 0 Å². The molecule has 0 aliphatic heterocycles. The summed E-state index contributed by atoms with van der Waals surface area (Å²) in [5.74, 6) is 0. The third-order valence-electron chi connectivity index (χ3n) is 2.39. The highest BCUT2D eigenvalue weighted by atomic mass is 16.3. The van der Waals surface area contributed by atoms with Crippen LogP contribution in [0.3, 0.4) is 0 Å². The minimum atomic E-state index is -1.08. The number of pyridine rings is 1. The van der Waals surface area contributed by atoms with Crippen LogP contribution in [0.2, 0.25) is 0 Å². The van der Waals surface area contributed by atoms with Crippen molar-refractivity contribution in [2.24, 2.45) is 0 Å². The van der Waals surface area contributed by atoms with Crippen LogP contribution in [0, 0.1) is 0 Å². The van der Waals surface area contributed by atoms with Crippen molar-refractivity contribution in [3.63, 3.8) is 0 Å². The third-order valence-corrected chi connectivity index (χ3v) is 2.39. The van der Waals surface area contributed by atoms with Crippen LogP contribution in [0.15, 0.2) is 18.5 Å². The van der Waals surface area contributed by atoms with E-state index in [1.807, 2.05) is 0 Å². The van der Waals surface area contributed by atoms with Gasteiger partial charge < -0.3 is 15.5 Å². The molecular formula is C11H16N2O3. The summed E-state index contributed by atoms with van der Waals surface area (Å²) >= 11 is 0. The molecule has 5 heteroatoms. The summed E-state index contributed by atoms with van der Waals surface area (Å²) in [5.41, 5.74) is 0.715. The number of nitrogens with one attached hydrogen (secondary N) is 1. The summed E-state index contributed by atoms with van der Waals surface area (Å²) in [7, 11) is 1.76. The first-order chi connectivity index (χ1) is 7.70. The van der Waals surface area contributed by atoms with E-state index in [0.717, 1.165) is 0 Å². The van der Waals surface area contributed by atoms with Gasteiger partial charge in [0.05, 0.1) is 6.10 Å². The van der Waals surface area contributed by atoms with Gasteiger partial charge in [-0.15, -0.1) is 0 Å². The summed E-state index contributed by atoms with van der Waals surface area (Å²) in [6, 6.07) is 1.51. The van der Waals surface area contributed by atoms with E-state index in [0.29, 0.717) is 30.4 Å². The summed E-state index contributed by atoms with van der Waals surface area (Å²) in [5, 5.41) is 22.4. The van der Waals surface area contributed by atoms with Crippen molar-refractivity contribution in [2.45, 2.75) is 18.6 Å². The number of carbonyl (C=O) groups is 1. The maximum absolute atomic E-state index is 10.7. The molecule has 0 aromatic carbocycles. The van der Waals surface area contributed by atoms with Gasteiger partial charge in [-0.1, -0.05) is 0 Å². The van der Waals surface area contributed by atoms with Crippen LogP contribution in [0.5, 0.6) is 0 Å². The standard InChI is InChI=1S/C11H16N2O3/c1-12-4-3-10(15)11(16)9-6-13-5-2-8(9)7-14/h2,5-7,10-12,15-16H,3-4H2,1H3. The number of aliphatic hydroxyl groups excluding tert-OH is 2. The fourth-order valence-electron chi connectivity index (χ4n) is 1.43. The van der Waals surface area contributed by atoms with Crippen LogP contribution in [0.1, 0.15) is 28.4 Å². The van der Waals surface area contributed by atoms with Crippen molar-refractivity contribution in [3.05, 3.63) is 29.6 Å². The molecule has 1 heterocycles. The van der Waals surface area contributed by atoms with E-state index in [1.54, 1.807) is 7.05 Å². The largest absolute Gasteiger partial charge is 0.390 e. The Balaban J connectivity index is 2.78. The molecule has 0 radical (unpaired) electrons. The van der Waals surface area contributed by atoms with Crippen LogP contribution in [0.4, 0.5) is 0 Å². The molecule has 0 aliphatic rings. The van der Waals surface area contributed by atoms with Crippen LogP contribution in [0.25, 0.3) is 0 Å². The Morgan fingerprint density at radius 3 is 2.94 bits per heavy atom. The average molecular weight is 224 g/mol. The lowest BCUT2D eigenvalue weighted by atomic mass is 10.00. The first-order valence-corrected chi connectivity index (χ1v) is 5.10. The zero-order valence-electron chi connectivity index (χ0n) is 9.13. The van der Waals surface area contributed by atoms with Gasteiger partial charge in [-0.25, -0.2) is 0 Å². The molecule has 0 saturated carbocycles. The quantitative estimate of drug-likeness (QED) is 0.588. The number of hydrogen-bond donors (Lipinski definition) is 3. The van der Waals surface area contributed by atoms with Crippen molar-refractivity contribution in [3.8, 4) is 0 Å². The van der Waals surface area contributed by atoms with Gasteiger partial charge in [-0.3, -0.25) is 9.78 Å². The van der Waals surface area contributed by atoms with E-state index < -0.39 is 12.2 Å². The van der Waals surface area contributed by atoms with Crippen LogP contribution >= 0.6 is 0 Å². The monoisotopic (exact) mass is 224 g/mol. The number of hydrogen-bond acceptors (Lipinski definition) is 5. The molecule has 0 spiro atoms. The minimum absolute atomic E-state index is 0.353. The van der Waals surface area contributed by atoms with E-state index in [4.69, 9.17) is 0 Å². The number of carbonyl (C=O) groups excluding carboxylic acids is 1. The number of nitrogens with zero attached hydrogens (tertiary/aromatic N) is 1. The maximum atomic E-state index is 10.7. The molecule has 0 fully saturated rings. The molecule has 0 bridgehead atoms. The van der Waals surface area contributed by atoms with E-state index >= 15 is 0 Å². The van der Waals surface area contributed by atoms with Crippen molar-refractivity contribution in [1.29, 1.82) is 0 Å². The fraction of sp³-hybridized carbons (Fsp3) is 0.455. The Morgan fingerprint density at radius 2 is 2.31 bits per heavy atom. The summed E-state index contributed by atoms with van der Waals surface area (Å²) in [6.07, 6.45) is 1.94. The Labute approximate surface area is 94.1 Å². The summed E-state index contributed by atoms with van der Waals surface area (Å²) in [6.45, 7) is 0.592. The van der Waals surface area contributed by atoms with E-state index in [2.05, 4.69) is 10.3 Å². The SMILES string of the molecule is CNCCC(O)C(O)c1cnccc1C=O. The second-order valence-corrected chi connectivity index (χ2v) is 3.53. The predicted octanol–water partition coefficient (Wildman–Crippen LogP) is -0.102. The van der Waals surface area contributed by atoms with Gasteiger partial charge in [-0.05, 0) is 26.1 Å². The Kier molecular flexibility index (Phi) is 5.04. The second-order valence-electron chi connectivity index (χ2n) is 3.53. The first kappa shape index (κ1) is 12.8. The van der Waals surface area contributed by atoms with Gasteiger partial charge in [0.1, 0.15) is 6.10 Å². The highest BCUT2D eigenvalue weighted by Gasteiger charge is 2.20. The molecule has 0 aliphatic carbocycles. The van der Waals surface area contributed by atoms with Gasteiger partial charge in [0.15, 0.2) is 6.29 Å². The van der Waals surface area contributed by atoms with Crippen molar-refractivity contribution in [2.75, 3.05) is 13.6 Å². The molecule has 0 amide bonds. The molecular weight excluding hydrogens is 208 g/mol. The van der Waals surface area contributed by atoms with Gasteiger partial charge in [0.25, 0.3) is 0 Å². The molecule has 16 heavy (non-hydrogen) atoms. The topological polar surface area (TPSA) is 82.4 Å². The molecule has 88 valence electrons. The normalized spacial score (nSPS) is 14.4. The zero-order chi connectivity index (χ0) is 12.0. The second kappa shape index (κ2) is 6.32. The van der Waals surface area contributed by atoms with Gasteiger partial charge in [-0.2, -0.15) is 0 Å². The molecule has 2 atom stereocenters. The lowest BCUT2D eigenvalue weighted by molar-refractivity contribution is 0.0135. The smallest absolute Gasteiger partial charge is 0.150 e. The van der Waals surface area contributed by atoms with Crippen molar-refractivity contribution in [1.82, 2.24) is 10.3 Å². The molecule has 3 N–H and O–H groups in total. The molecule has 1 rings (SSSR count). The van der Waals surface area contributed by atoms with E-state index in [-0.39, 0.29) is 0 Å². The third kappa shape index (κ3) is 3.10. The molecule has 0 saturated heterocycles. The van der Waals surface area contributed by atoms with Crippen LogP contribution in [-0.2, 0) is 0 Å². The predicted molar refractivity (Wildman–Crippen MR) is 59.1 cm³/mol. The summed E-state index contributed by atoms with van der Waals surface area (Å²) < 4.78 is 0. The fourth-order valence-corrected chi connectivity index (χ4v) is 1.43. The average Bonchev–Trinajstić information content (AvgIpc) is 2.34. The molecule has 1 aromatic rings. The lowest BCUT2D eigenvalue weighted by Crippen LogP contribution is -2.24. The highest BCUT2D eigenvalue weighted by Crippen LogP contribution is 2.20. The number of aliphatic hydroxyl groups is 2. The van der Waals surface area contributed by atoms with Crippen molar-refractivity contribution < 1.29 is 15.0 Å². The number of aromatic nitrogens is 1. The maximum Gasteiger partial charge on any atom is 0.150 e. The first-order valence-electron chi connectivity index (χ1n) is 5.10. The zero-order valence-corrected chi connectivity index (χ0v) is 9.13. The van der Waals surface area contributed by atoms with E-state index in [1.165, 1.54) is 18.5 Å². The number of rotatable bonds is 6. The highest BCUT2D eigenvalue weighted by molar-refractivity contribution is 5.77. The van der Waals surface area contributed by atoms with Crippen LogP contribution in [-0.4, -0.2) is 41.2 Å². The Morgan fingerprint density at radius 1 is 1.56 bits per heavy atom. The van der Waals surface area contributed by atoms with Gasteiger partial charge in [0, 0.05) is 23.5 Å². The van der Waals surface area contributed by atoms with Crippen molar-refractivity contribution >= 4 is 6.29 Å². The Bertz CT molecular complexity index is 344. The van der Waals surface area contributed by atoms with Crippen LogP contribution < -0.4 is 5.32 Å². The van der Waals surface area contributed by atoms with E-state index in [9.17, 15) is 15.0 Å². The molecule has 1 aromatic heterocycles. The van der Waals surface area contributed by atoms with Gasteiger partial charge in [0.2, 0.25) is 0 Å². The molecule has 5 nitrogen and oxygen atoms in total. The lowest BCUT2D eigenvalue weighted by Gasteiger charge is -2.18.